The van der Waals surface area contributed by atoms with Crippen molar-refractivity contribution >= 4 is 102 Å². The van der Waals surface area contributed by atoms with Crippen molar-refractivity contribution in [1.29, 1.82) is 0 Å². The minimum atomic E-state index is 0.0624. The summed E-state index contributed by atoms with van der Waals surface area (Å²) >= 11 is 3.84. The summed E-state index contributed by atoms with van der Waals surface area (Å²) in [4.78, 5) is 9.94. The molecule has 0 amide bonds. The van der Waals surface area contributed by atoms with Gasteiger partial charge in [0.05, 0.1) is 0 Å². The van der Waals surface area contributed by atoms with Crippen LogP contribution >= 0.6 is 23.5 Å². The molecule has 0 saturated heterocycles. The van der Waals surface area contributed by atoms with Gasteiger partial charge in [-0.05, 0) is 134 Å². The summed E-state index contributed by atoms with van der Waals surface area (Å²) in [5, 5.41) is 5.05. The smallest absolute Gasteiger partial charge is 0.247 e. The fourth-order valence-corrected chi connectivity index (χ4v) is 13.0. The van der Waals surface area contributed by atoms with Crippen molar-refractivity contribution < 1.29 is 0 Å². The van der Waals surface area contributed by atoms with E-state index in [0.717, 1.165) is 34.1 Å². The van der Waals surface area contributed by atoms with E-state index in [1.165, 1.54) is 79.8 Å². The highest BCUT2D eigenvalue weighted by Crippen LogP contribution is 2.48. The Balaban J connectivity index is 1.04. The summed E-state index contributed by atoms with van der Waals surface area (Å²) in [7, 11) is 0. The molecule has 0 saturated carbocycles. The molecule has 0 spiro atoms. The predicted octanol–water partition coefficient (Wildman–Crippen LogP) is 15.7. The predicted molar refractivity (Wildman–Crippen MR) is 287 cm³/mol. The number of fused-ring (bicyclic) bond motifs is 6. The van der Waals surface area contributed by atoms with Gasteiger partial charge >= 0.3 is 0 Å². The molecule has 0 bridgehead atoms. The summed E-state index contributed by atoms with van der Waals surface area (Å²) in [6.07, 6.45) is 0. The van der Waals surface area contributed by atoms with Gasteiger partial charge in [-0.2, -0.15) is 0 Å². The fraction of sp³-hybridized carbons (Fsp3) is 0. The van der Waals surface area contributed by atoms with Crippen LogP contribution in [0.25, 0.3) is 43.8 Å². The van der Waals surface area contributed by atoms with Crippen molar-refractivity contribution in [2.75, 3.05) is 9.80 Å². The molecule has 67 heavy (non-hydrogen) atoms. The first-order valence-electron chi connectivity index (χ1n) is 22.9. The Morgan fingerprint density at radius 2 is 0.597 bits per heavy atom. The van der Waals surface area contributed by atoms with Crippen molar-refractivity contribution in [3.05, 3.63) is 249 Å². The van der Waals surface area contributed by atoms with Crippen LogP contribution < -0.4 is 26.2 Å². The zero-order valence-corrected chi connectivity index (χ0v) is 38.1. The van der Waals surface area contributed by atoms with E-state index in [4.69, 9.17) is 0 Å². The molecule has 0 N–H and O–H groups in total. The van der Waals surface area contributed by atoms with Crippen molar-refractivity contribution in [3.63, 3.8) is 0 Å². The molecule has 0 aromatic heterocycles. The maximum absolute atomic E-state index is 2.50. The lowest BCUT2D eigenvalue weighted by atomic mass is 9.36. The second-order valence-corrected chi connectivity index (χ2v) is 19.4. The molecule has 2 heterocycles. The summed E-state index contributed by atoms with van der Waals surface area (Å²) < 4.78 is 0. The zero-order chi connectivity index (χ0) is 44.3. The molecule has 314 valence electrons. The third kappa shape index (κ3) is 6.85. The van der Waals surface area contributed by atoms with E-state index in [9.17, 15) is 0 Å². The number of hydrogen-bond acceptors (Lipinski definition) is 4. The van der Waals surface area contributed by atoms with Crippen LogP contribution in [0.1, 0.15) is 0 Å². The van der Waals surface area contributed by atoms with E-state index in [1.54, 1.807) is 0 Å². The molecular formula is C62H41BN2S2. The molecule has 0 atom stereocenters. The summed E-state index contributed by atoms with van der Waals surface area (Å²) in [5.74, 6) is 0. The van der Waals surface area contributed by atoms with Gasteiger partial charge in [-0.15, -0.1) is 0 Å². The van der Waals surface area contributed by atoms with E-state index >= 15 is 0 Å². The molecule has 2 nitrogen and oxygen atoms in total. The van der Waals surface area contributed by atoms with Gasteiger partial charge in [-0.3, -0.25) is 0 Å². The maximum Gasteiger partial charge on any atom is 0.247 e. The largest absolute Gasteiger partial charge is 0.310 e. The first-order chi connectivity index (χ1) is 33.2. The average molecular weight is 889 g/mol. The normalized spacial score (nSPS) is 12.3. The van der Waals surface area contributed by atoms with Gasteiger partial charge in [-0.25, -0.2) is 0 Å². The fourth-order valence-electron chi connectivity index (χ4n) is 10.5. The van der Waals surface area contributed by atoms with E-state index in [1.807, 2.05) is 23.5 Å². The molecule has 13 rings (SSSR count). The molecule has 5 heteroatoms. The van der Waals surface area contributed by atoms with Gasteiger partial charge in [0.1, 0.15) is 0 Å². The lowest BCUT2D eigenvalue weighted by Gasteiger charge is -2.35. The zero-order valence-electron chi connectivity index (χ0n) is 36.5. The minimum Gasteiger partial charge on any atom is -0.310 e. The van der Waals surface area contributed by atoms with E-state index < -0.39 is 0 Å². The molecule has 0 unspecified atom stereocenters. The quantitative estimate of drug-likeness (QED) is 0.111. The molecule has 0 aliphatic carbocycles. The summed E-state index contributed by atoms with van der Waals surface area (Å²) in [6, 6.07) is 91.2. The van der Waals surface area contributed by atoms with E-state index in [0.29, 0.717) is 0 Å². The van der Waals surface area contributed by atoms with Crippen LogP contribution in [0.4, 0.5) is 34.1 Å². The number of hydrogen-bond donors (Lipinski definition) is 0. The lowest BCUT2D eigenvalue weighted by Crippen LogP contribution is -2.58. The third-order valence-electron chi connectivity index (χ3n) is 13.3. The van der Waals surface area contributed by atoms with Gasteiger partial charge in [0.15, 0.2) is 0 Å². The molecule has 0 radical (unpaired) electrons. The monoisotopic (exact) mass is 888 g/mol. The highest BCUT2D eigenvalue weighted by Gasteiger charge is 2.39. The van der Waals surface area contributed by atoms with Crippen LogP contribution in [0.2, 0.25) is 0 Å². The maximum atomic E-state index is 2.50. The van der Waals surface area contributed by atoms with Crippen LogP contribution in [0.5, 0.6) is 0 Å². The molecule has 2 aliphatic heterocycles. The highest BCUT2D eigenvalue weighted by molar-refractivity contribution is 8.01. The van der Waals surface area contributed by atoms with Crippen molar-refractivity contribution in [3.8, 4) is 22.3 Å². The topological polar surface area (TPSA) is 6.48 Å². The summed E-state index contributed by atoms with van der Waals surface area (Å²) in [5.41, 5.74) is 15.9. The number of anilines is 6. The second-order valence-electron chi connectivity index (χ2n) is 17.2. The van der Waals surface area contributed by atoms with Gasteiger partial charge in [0, 0.05) is 53.7 Å². The third-order valence-corrected chi connectivity index (χ3v) is 15.6. The molecule has 11 aromatic carbocycles. The number of rotatable bonds is 8. The number of nitrogens with zero attached hydrogens (tertiary/aromatic N) is 2. The number of benzene rings is 11. The van der Waals surface area contributed by atoms with Gasteiger partial charge in [-0.1, -0.05) is 198 Å². The molecule has 11 aromatic rings. The minimum absolute atomic E-state index is 0.0624. The SMILES string of the molecule is c1ccc(-c2c3ccccc3c(-c3cc4c5c(c3)Sc3cc(N(c6ccccc6)c6ccccc6)ccc3B5c3ccc(N(c5ccccc5)c5ccccc5)cc3S4)c3ccccc23)cc1. The Bertz CT molecular complexity index is 3350. The Morgan fingerprint density at radius 1 is 0.269 bits per heavy atom. The standard InChI is InChI=1S/C62H41BN2S2/c1-6-20-42(21-7-1)60-50-30-16-18-32-52(50)61(53-33-19-17-31-51(53)60)43-38-58-62-59(39-43)67-57-41-49(65(46-26-12-4-13-27-46)47-28-14-5-15-29-47)35-37-55(57)63(62)54-36-34-48(40-56(54)66-58)64(44-22-8-2-9-23-44)45-24-10-3-11-25-45/h1-41H. The average Bonchev–Trinajstić information content (AvgIpc) is 3.39. The Labute approximate surface area is 400 Å². The summed E-state index contributed by atoms with van der Waals surface area (Å²) in [6.45, 7) is 0.0624. The van der Waals surface area contributed by atoms with Crippen molar-refractivity contribution in [2.24, 2.45) is 0 Å². The van der Waals surface area contributed by atoms with Crippen LogP contribution in [-0.2, 0) is 0 Å². The second kappa shape index (κ2) is 16.6. The van der Waals surface area contributed by atoms with Crippen LogP contribution in [0.3, 0.4) is 0 Å². The first-order valence-corrected chi connectivity index (χ1v) is 24.5. The van der Waals surface area contributed by atoms with Crippen molar-refractivity contribution in [1.82, 2.24) is 0 Å². The van der Waals surface area contributed by atoms with E-state index in [2.05, 4.69) is 259 Å². The van der Waals surface area contributed by atoms with E-state index in [-0.39, 0.29) is 6.71 Å². The van der Waals surface area contributed by atoms with Crippen LogP contribution in [-0.4, -0.2) is 6.71 Å². The highest BCUT2D eigenvalue weighted by atomic mass is 32.2. The van der Waals surface area contributed by atoms with Gasteiger partial charge < -0.3 is 9.80 Å². The van der Waals surface area contributed by atoms with Crippen LogP contribution in [0, 0.1) is 0 Å². The Hall–Kier alpha value is -7.70. The Kier molecular flexibility index (Phi) is 9.84. The molecule has 2 aliphatic rings. The first kappa shape index (κ1) is 39.7. The molecular weight excluding hydrogens is 848 g/mol. The van der Waals surface area contributed by atoms with Gasteiger partial charge in [0.2, 0.25) is 6.71 Å². The molecule has 0 fully saturated rings. The van der Waals surface area contributed by atoms with Gasteiger partial charge in [0.25, 0.3) is 0 Å². The Morgan fingerprint density at radius 3 is 0.970 bits per heavy atom. The lowest BCUT2D eigenvalue weighted by molar-refractivity contribution is 1.25. The van der Waals surface area contributed by atoms with Crippen LogP contribution in [0.15, 0.2) is 268 Å². The number of para-hydroxylation sites is 4. The van der Waals surface area contributed by atoms with Crippen molar-refractivity contribution in [2.45, 2.75) is 19.6 Å².